The molecule has 6 nitrogen and oxygen atoms in total. The van der Waals surface area contributed by atoms with Gasteiger partial charge in [-0.25, -0.2) is 4.98 Å². The van der Waals surface area contributed by atoms with E-state index in [-0.39, 0.29) is 23.3 Å². The van der Waals surface area contributed by atoms with Crippen LogP contribution in [0.15, 0.2) is 58.5 Å². The van der Waals surface area contributed by atoms with Crippen molar-refractivity contribution in [3.05, 3.63) is 58.9 Å². The third-order valence-corrected chi connectivity index (χ3v) is 5.48. The molecular weight excluding hydrogens is 386 g/mol. The van der Waals surface area contributed by atoms with Gasteiger partial charge in [-0.05, 0) is 49.7 Å². The van der Waals surface area contributed by atoms with Gasteiger partial charge in [-0.3, -0.25) is 14.2 Å². The summed E-state index contributed by atoms with van der Waals surface area (Å²) in [6, 6.07) is 14.6. The highest BCUT2D eigenvalue weighted by Crippen LogP contribution is 2.22. The second kappa shape index (κ2) is 9.60. The Kier molecular flexibility index (Phi) is 6.93. The van der Waals surface area contributed by atoms with Crippen LogP contribution in [0.25, 0.3) is 16.6 Å². The zero-order valence-corrected chi connectivity index (χ0v) is 17.7. The fourth-order valence-corrected chi connectivity index (χ4v) is 3.94. The summed E-state index contributed by atoms with van der Waals surface area (Å²) < 4.78 is 6.76. The van der Waals surface area contributed by atoms with Crippen molar-refractivity contribution in [1.82, 2.24) is 14.9 Å². The average Bonchev–Trinajstić information content (AvgIpc) is 2.73. The average molecular weight is 412 g/mol. The number of rotatable bonds is 8. The van der Waals surface area contributed by atoms with Gasteiger partial charge in [0.1, 0.15) is 5.75 Å². The summed E-state index contributed by atoms with van der Waals surface area (Å²) >= 11 is 1.26. The molecule has 0 unspecified atom stereocenters. The van der Waals surface area contributed by atoms with E-state index in [1.807, 2.05) is 37.3 Å². The Bertz CT molecular complexity index is 1050. The quantitative estimate of drug-likeness (QED) is 0.451. The van der Waals surface area contributed by atoms with Crippen molar-refractivity contribution >= 4 is 28.6 Å². The predicted molar refractivity (Wildman–Crippen MR) is 117 cm³/mol. The summed E-state index contributed by atoms with van der Waals surface area (Å²) in [6.45, 7) is 4.08. The lowest BCUT2D eigenvalue weighted by atomic mass is 10.2. The van der Waals surface area contributed by atoms with Crippen molar-refractivity contribution in [1.29, 1.82) is 0 Å². The fraction of sp³-hybridized carbons (Fsp3) is 0.318. The van der Waals surface area contributed by atoms with Crippen LogP contribution in [0, 0.1) is 0 Å². The minimum absolute atomic E-state index is 0.0698. The molecule has 1 heterocycles. The van der Waals surface area contributed by atoms with Crippen LogP contribution in [0.3, 0.4) is 0 Å². The SMILES string of the molecule is CCC[C@H](C)NC(=O)CSc1nc2ccccc2c(=O)n1-c1ccc(OC)cc1. The number of aromatic nitrogens is 2. The van der Waals surface area contributed by atoms with Crippen molar-refractivity contribution in [3.63, 3.8) is 0 Å². The number of nitrogens with zero attached hydrogens (tertiary/aromatic N) is 2. The smallest absolute Gasteiger partial charge is 0.266 e. The molecule has 0 saturated carbocycles. The van der Waals surface area contributed by atoms with E-state index in [0.717, 1.165) is 12.8 Å². The summed E-state index contributed by atoms with van der Waals surface area (Å²) in [4.78, 5) is 30.2. The van der Waals surface area contributed by atoms with Gasteiger partial charge in [0.25, 0.3) is 5.56 Å². The number of carbonyl (C=O) groups is 1. The molecule has 0 aliphatic rings. The number of thioether (sulfide) groups is 1. The van der Waals surface area contributed by atoms with Crippen molar-refractivity contribution in [2.75, 3.05) is 12.9 Å². The highest BCUT2D eigenvalue weighted by molar-refractivity contribution is 7.99. The number of nitrogens with one attached hydrogen (secondary N) is 1. The molecule has 0 saturated heterocycles. The Labute approximate surface area is 174 Å². The molecule has 2 aromatic carbocycles. The highest BCUT2D eigenvalue weighted by Gasteiger charge is 2.15. The Hall–Kier alpha value is -2.80. The van der Waals surface area contributed by atoms with Gasteiger partial charge in [-0.1, -0.05) is 37.2 Å². The molecule has 3 rings (SSSR count). The van der Waals surface area contributed by atoms with Gasteiger partial charge in [0, 0.05) is 6.04 Å². The molecule has 0 radical (unpaired) electrons. The van der Waals surface area contributed by atoms with Crippen LogP contribution >= 0.6 is 11.8 Å². The molecule has 0 fully saturated rings. The standard InChI is InChI=1S/C22H25N3O3S/c1-4-7-15(2)23-20(26)14-29-22-24-19-9-6-5-8-18(19)21(27)25(22)16-10-12-17(28-3)13-11-16/h5-6,8-13,15H,4,7,14H2,1-3H3,(H,23,26)/t15-/m0/s1. The molecule has 1 aromatic heterocycles. The predicted octanol–water partition coefficient (Wildman–Crippen LogP) is 3.79. The van der Waals surface area contributed by atoms with Gasteiger partial charge in [0.2, 0.25) is 5.91 Å². The van der Waals surface area contributed by atoms with Crippen LogP contribution in [0.2, 0.25) is 0 Å². The van der Waals surface area contributed by atoms with Crippen molar-refractivity contribution in [2.24, 2.45) is 0 Å². The van der Waals surface area contributed by atoms with Gasteiger partial charge in [0.05, 0.1) is 29.5 Å². The molecule has 1 atom stereocenters. The lowest BCUT2D eigenvalue weighted by Gasteiger charge is -2.15. The van der Waals surface area contributed by atoms with Crippen LogP contribution < -0.4 is 15.6 Å². The van der Waals surface area contributed by atoms with Crippen LogP contribution in [-0.4, -0.2) is 34.4 Å². The second-order valence-electron chi connectivity index (χ2n) is 6.80. The van der Waals surface area contributed by atoms with E-state index in [1.165, 1.54) is 11.8 Å². The van der Waals surface area contributed by atoms with Crippen molar-refractivity contribution < 1.29 is 9.53 Å². The third-order valence-electron chi connectivity index (χ3n) is 4.54. The van der Waals surface area contributed by atoms with Crippen LogP contribution in [-0.2, 0) is 4.79 Å². The molecule has 29 heavy (non-hydrogen) atoms. The molecule has 152 valence electrons. The second-order valence-corrected chi connectivity index (χ2v) is 7.74. The van der Waals surface area contributed by atoms with E-state index in [4.69, 9.17) is 4.74 Å². The first-order valence-electron chi connectivity index (χ1n) is 9.62. The zero-order valence-electron chi connectivity index (χ0n) is 16.8. The number of ether oxygens (including phenoxy) is 1. The molecule has 1 amide bonds. The third kappa shape index (κ3) is 4.98. The normalized spacial score (nSPS) is 12.0. The number of carbonyl (C=O) groups excluding carboxylic acids is 1. The van der Waals surface area contributed by atoms with E-state index in [1.54, 1.807) is 29.9 Å². The molecular formula is C22H25N3O3S. The van der Waals surface area contributed by atoms with E-state index in [2.05, 4.69) is 17.2 Å². The van der Waals surface area contributed by atoms with E-state index < -0.39 is 0 Å². The largest absolute Gasteiger partial charge is 0.497 e. The molecule has 7 heteroatoms. The van der Waals surface area contributed by atoms with E-state index in [0.29, 0.717) is 27.5 Å². The van der Waals surface area contributed by atoms with Gasteiger partial charge >= 0.3 is 0 Å². The number of methoxy groups -OCH3 is 1. The summed E-state index contributed by atoms with van der Waals surface area (Å²) in [5.74, 6) is 0.823. The zero-order chi connectivity index (χ0) is 20.8. The molecule has 0 bridgehead atoms. The van der Waals surface area contributed by atoms with Crippen molar-refractivity contribution in [2.45, 2.75) is 37.9 Å². The summed E-state index contributed by atoms with van der Waals surface area (Å²) in [5.41, 5.74) is 1.13. The maximum atomic E-state index is 13.2. The Morgan fingerprint density at radius 2 is 1.93 bits per heavy atom. The van der Waals surface area contributed by atoms with E-state index >= 15 is 0 Å². The summed E-state index contributed by atoms with van der Waals surface area (Å²) in [6.07, 6.45) is 1.94. The molecule has 3 aromatic rings. The summed E-state index contributed by atoms with van der Waals surface area (Å²) in [5, 5.41) is 4.00. The number of amides is 1. The van der Waals surface area contributed by atoms with Crippen LogP contribution in [0.5, 0.6) is 5.75 Å². The molecule has 0 spiro atoms. The Morgan fingerprint density at radius 1 is 1.21 bits per heavy atom. The maximum absolute atomic E-state index is 13.2. The molecule has 0 aliphatic carbocycles. The number of fused-ring (bicyclic) bond motifs is 1. The molecule has 1 N–H and O–H groups in total. The number of para-hydroxylation sites is 1. The maximum Gasteiger partial charge on any atom is 0.266 e. The minimum atomic E-state index is -0.164. The fourth-order valence-electron chi connectivity index (χ4n) is 3.12. The first kappa shape index (κ1) is 20.9. The number of hydrogen-bond acceptors (Lipinski definition) is 5. The minimum Gasteiger partial charge on any atom is -0.497 e. The van der Waals surface area contributed by atoms with Gasteiger partial charge in [-0.2, -0.15) is 0 Å². The highest BCUT2D eigenvalue weighted by atomic mass is 32.2. The van der Waals surface area contributed by atoms with Gasteiger partial charge < -0.3 is 10.1 Å². The lowest BCUT2D eigenvalue weighted by molar-refractivity contribution is -0.119. The monoisotopic (exact) mass is 411 g/mol. The van der Waals surface area contributed by atoms with Crippen LogP contribution in [0.1, 0.15) is 26.7 Å². The Balaban J connectivity index is 1.96. The van der Waals surface area contributed by atoms with Gasteiger partial charge in [-0.15, -0.1) is 0 Å². The van der Waals surface area contributed by atoms with Gasteiger partial charge in [0.15, 0.2) is 5.16 Å². The van der Waals surface area contributed by atoms with E-state index in [9.17, 15) is 9.59 Å². The Morgan fingerprint density at radius 3 is 2.62 bits per heavy atom. The number of hydrogen-bond donors (Lipinski definition) is 1. The van der Waals surface area contributed by atoms with Crippen LogP contribution in [0.4, 0.5) is 0 Å². The number of benzene rings is 2. The first-order chi connectivity index (χ1) is 14.0. The van der Waals surface area contributed by atoms with Crippen molar-refractivity contribution in [3.8, 4) is 11.4 Å². The topological polar surface area (TPSA) is 73.2 Å². The first-order valence-corrected chi connectivity index (χ1v) is 10.6. The summed E-state index contributed by atoms with van der Waals surface area (Å²) in [7, 11) is 1.60. The lowest BCUT2D eigenvalue weighted by Crippen LogP contribution is -2.34. The molecule has 0 aliphatic heterocycles.